The largest absolute Gasteiger partial charge is 0.361 e. The molecule has 0 aliphatic carbocycles. The summed E-state index contributed by atoms with van der Waals surface area (Å²) in [6.45, 7) is 2.31. The topological polar surface area (TPSA) is 55.1 Å². The van der Waals surface area contributed by atoms with Crippen LogP contribution in [0, 0.1) is 6.92 Å². The number of nitrogens with zero attached hydrogens (tertiary/aromatic N) is 1. The van der Waals surface area contributed by atoms with Gasteiger partial charge in [-0.05, 0) is 6.92 Å². The lowest BCUT2D eigenvalue weighted by molar-refractivity contribution is 0.0955. The summed E-state index contributed by atoms with van der Waals surface area (Å²) in [5, 5.41) is 6.93. The number of nitrogens with one attached hydrogen (secondary N) is 1. The average molecular weight is 233 g/mol. The number of hydrogen-bond acceptors (Lipinski definition) is 3. The molecule has 0 unspecified atom stereocenters. The van der Waals surface area contributed by atoms with Gasteiger partial charge in [-0.3, -0.25) is 4.79 Å². The van der Waals surface area contributed by atoms with E-state index in [0.29, 0.717) is 17.9 Å². The Morgan fingerprint density at radius 2 is 2.58 bits per heavy atom. The first-order chi connectivity index (χ1) is 5.75. The maximum Gasteiger partial charge on any atom is 0.256 e. The van der Waals surface area contributed by atoms with Crippen molar-refractivity contribution in [2.24, 2.45) is 0 Å². The van der Waals surface area contributed by atoms with Crippen molar-refractivity contribution in [2.45, 2.75) is 6.92 Å². The molecule has 0 radical (unpaired) electrons. The number of carbonyl (C=O) groups excluding carboxylic acids is 1. The second kappa shape index (κ2) is 4.25. The van der Waals surface area contributed by atoms with Gasteiger partial charge in [0.15, 0.2) is 0 Å². The summed E-state index contributed by atoms with van der Waals surface area (Å²) >= 11 is 3.21. The smallest absolute Gasteiger partial charge is 0.256 e. The van der Waals surface area contributed by atoms with Crippen molar-refractivity contribution in [3.05, 3.63) is 17.5 Å². The molecule has 5 heteroatoms. The monoisotopic (exact) mass is 232 g/mol. The van der Waals surface area contributed by atoms with Crippen LogP contribution in [0.25, 0.3) is 0 Å². The van der Waals surface area contributed by atoms with Gasteiger partial charge in [-0.2, -0.15) is 0 Å². The number of alkyl halides is 1. The lowest BCUT2D eigenvalue weighted by Gasteiger charge is -1.98. The molecule has 1 aromatic heterocycles. The van der Waals surface area contributed by atoms with E-state index in [4.69, 9.17) is 4.52 Å². The molecule has 0 saturated carbocycles. The van der Waals surface area contributed by atoms with Gasteiger partial charge in [0.2, 0.25) is 0 Å². The number of carbonyl (C=O) groups is 1. The Bertz CT molecular complexity index is 272. The molecule has 4 nitrogen and oxygen atoms in total. The summed E-state index contributed by atoms with van der Waals surface area (Å²) in [6.07, 6.45) is 1.42. The molecule has 1 heterocycles. The number of hydrogen-bond donors (Lipinski definition) is 1. The first-order valence-corrected chi connectivity index (χ1v) is 4.63. The SMILES string of the molecule is Cc1oncc1C(=O)NCCBr. The van der Waals surface area contributed by atoms with E-state index in [2.05, 4.69) is 26.4 Å². The quantitative estimate of drug-likeness (QED) is 0.795. The van der Waals surface area contributed by atoms with E-state index < -0.39 is 0 Å². The molecule has 0 aliphatic heterocycles. The van der Waals surface area contributed by atoms with Gasteiger partial charge in [-0.15, -0.1) is 0 Å². The zero-order valence-corrected chi connectivity index (χ0v) is 8.22. The number of aryl methyl sites for hydroxylation is 1. The van der Waals surface area contributed by atoms with Crippen LogP contribution >= 0.6 is 15.9 Å². The van der Waals surface area contributed by atoms with E-state index in [0.717, 1.165) is 5.33 Å². The van der Waals surface area contributed by atoms with Crippen LogP contribution in [0.5, 0.6) is 0 Å². The molecule has 0 spiro atoms. The Morgan fingerprint density at radius 1 is 1.83 bits per heavy atom. The average Bonchev–Trinajstić information content (AvgIpc) is 2.47. The zero-order valence-electron chi connectivity index (χ0n) is 6.63. The first kappa shape index (κ1) is 9.25. The lowest BCUT2D eigenvalue weighted by Crippen LogP contribution is -2.25. The van der Waals surface area contributed by atoms with Crippen LogP contribution in [0.3, 0.4) is 0 Å². The van der Waals surface area contributed by atoms with Crippen molar-refractivity contribution in [3.63, 3.8) is 0 Å². The van der Waals surface area contributed by atoms with Crippen molar-refractivity contribution in [3.8, 4) is 0 Å². The standard InChI is InChI=1S/C7H9BrN2O2/c1-5-6(4-10-12-5)7(11)9-3-2-8/h4H,2-3H2,1H3,(H,9,11). The van der Waals surface area contributed by atoms with E-state index in [-0.39, 0.29) is 5.91 Å². The predicted molar refractivity (Wildman–Crippen MR) is 47.4 cm³/mol. The number of halogens is 1. The summed E-state index contributed by atoms with van der Waals surface area (Å²) in [6, 6.07) is 0. The zero-order chi connectivity index (χ0) is 8.97. The minimum absolute atomic E-state index is 0.145. The molecule has 1 aromatic rings. The highest BCUT2D eigenvalue weighted by atomic mass is 79.9. The first-order valence-electron chi connectivity index (χ1n) is 3.51. The predicted octanol–water partition coefficient (Wildman–Crippen LogP) is 1.11. The van der Waals surface area contributed by atoms with Crippen LogP contribution in [0.4, 0.5) is 0 Å². The molecule has 0 saturated heterocycles. The van der Waals surface area contributed by atoms with Crippen molar-refractivity contribution in [2.75, 3.05) is 11.9 Å². The molecule has 12 heavy (non-hydrogen) atoms. The number of rotatable bonds is 3. The third kappa shape index (κ3) is 2.07. The minimum atomic E-state index is -0.145. The maximum atomic E-state index is 11.3. The van der Waals surface area contributed by atoms with Crippen molar-refractivity contribution in [1.82, 2.24) is 10.5 Å². The van der Waals surface area contributed by atoms with E-state index in [1.54, 1.807) is 6.92 Å². The maximum absolute atomic E-state index is 11.3. The molecule has 1 N–H and O–H groups in total. The lowest BCUT2D eigenvalue weighted by atomic mass is 10.2. The van der Waals surface area contributed by atoms with Crippen LogP contribution in [-0.2, 0) is 0 Å². The van der Waals surface area contributed by atoms with Gasteiger partial charge in [-0.1, -0.05) is 21.1 Å². The molecule has 0 bridgehead atoms. The molecule has 1 amide bonds. The summed E-state index contributed by atoms with van der Waals surface area (Å²) in [5.74, 6) is 0.398. The van der Waals surface area contributed by atoms with Crippen molar-refractivity contribution < 1.29 is 9.32 Å². The summed E-state index contributed by atoms with van der Waals surface area (Å²) in [4.78, 5) is 11.3. The van der Waals surface area contributed by atoms with Gasteiger partial charge in [0.25, 0.3) is 5.91 Å². The fourth-order valence-electron chi connectivity index (χ4n) is 0.773. The van der Waals surface area contributed by atoms with Gasteiger partial charge in [-0.25, -0.2) is 0 Å². The van der Waals surface area contributed by atoms with Gasteiger partial charge in [0.1, 0.15) is 11.3 Å². The van der Waals surface area contributed by atoms with E-state index in [1.165, 1.54) is 6.20 Å². The fourth-order valence-corrected chi connectivity index (χ4v) is 0.971. The number of amides is 1. The van der Waals surface area contributed by atoms with Crippen molar-refractivity contribution in [1.29, 1.82) is 0 Å². The number of aromatic nitrogens is 1. The third-order valence-electron chi connectivity index (χ3n) is 1.38. The fraction of sp³-hybridized carbons (Fsp3) is 0.429. The molecule has 0 aliphatic rings. The van der Waals surface area contributed by atoms with E-state index in [1.807, 2.05) is 0 Å². The van der Waals surface area contributed by atoms with Crippen LogP contribution in [0.2, 0.25) is 0 Å². The highest BCUT2D eigenvalue weighted by Crippen LogP contribution is 2.04. The van der Waals surface area contributed by atoms with Crippen LogP contribution < -0.4 is 5.32 Å². The third-order valence-corrected chi connectivity index (χ3v) is 1.77. The second-order valence-corrected chi connectivity index (χ2v) is 3.03. The summed E-state index contributed by atoms with van der Waals surface area (Å²) in [7, 11) is 0. The second-order valence-electron chi connectivity index (χ2n) is 2.24. The molecular formula is C7H9BrN2O2. The Labute approximate surface area is 78.4 Å². The summed E-state index contributed by atoms with van der Waals surface area (Å²) in [5.41, 5.74) is 0.496. The highest BCUT2D eigenvalue weighted by molar-refractivity contribution is 9.09. The molecule has 0 atom stereocenters. The highest BCUT2D eigenvalue weighted by Gasteiger charge is 2.10. The van der Waals surface area contributed by atoms with Crippen LogP contribution in [-0.4, -0.2) is 22.9 Å². The molecule has 66 valence electrons. The summed E-state index contributed by atoms with van der Waals surface area (Å²) < 4.78 is 4.74. The van der Waals surface area contributed by atoms with E-state index >= 15 is 0 Å². The molecule has 0 fully saturated rings. The molecular weight excluding hydrogens is 224 g/mol. The Hall–Kier alpha value is -0.840. The Balaban J connectivity index is 2.59. The molecule has 0 aromatic carbocycles. The van der Waals surface area contributed by atoms with Gasteiger partial charge < -0.3 is 9.84 Å². The Kier molecular flexibility index (Phi) is 3.28. The van der Waals surface area contributed by atoms with Crippen LogP contribution in [0.1, 0.15) is 16.1 Å². The van der Waals surface area contributed by atoms with Gasteiger partial charge in [0, 0.05) is 11.9 Å². The van der Waals surface area contributed by atoms with Crippen molar-refractivity contribution >= 4 is 21.8 Å². The van der Waals surface area contributed by atoms with Crippen LogP contribution in [0.15, 0.2) is 10.7 Å². The normalized spacial score (nSPS) is 9.83. The van der Waals surface area contributed by atoms with Gasteiger partial charge in [0.05, 0.1) is 6.20 Å². The van der Waals surface area contributed by atoms with Gasteiger partial charge >= 0.3 is 0 Å². The molecule has 1 rings (SSSR count). The van der Waals surface area contributed by atoms with E-state index in [9.17, 15) is 4.79 Å². The Morgan fingerprint density at radius 3 is 3.08 bits per heavy atom. The minimum Gasteiger partial charge on any atom is -0.361 e.